The van der Waals surface area contributed by atoms with Crippen molar-refractivity contribution in [3.63, 3.8) is 0 Å². The number of hydrogen-bond acceptors (Lipinski definition) is 4. The molecule has 1 saturated carbocycles. The molecule has 0 aliphatic heterocycles. The standard InChI is InChI=1S/C14H25N3O2S/c1-12(9-15)10-20(18,19)11-13-7-8-17(16-13)14-5-3-2-4-6-14/h7-8,12,14H,2-6,9-11,15H2,1H3. The van der Waals surface area contributed by atoms with Gasteiger partial charge in [0.25, 0.3) is 0 Å². The van der Waals surface area contributed by atoms with Crippen LogP contribution in [0.2, 0.25) is 0 Å². The van der Waals surface area contributed by atoms with E-state index in [0.717, 1.165) is 12.8 Å². The summed E-state index contributed by atoms with van der Waals surface area (Å²) in [6, 6.07) is 2.28. The largest absolute Gasteiger partial charge is 0.330 e. The van der Waals surface area contributed by atoms with Crippen molar-refractivity contribution in [2.45, 2.75) is 50.8 Å². The van der Waals surface area contributed by atoms with E-state index in [2.05, 4.69) is 5.10 Å². The molecule has 1 aromatic rings. The molecular formula is C14H25N3O2S. The van der Waals surface area contributed by atoms with Gasteiger partial charge in [0, 0.05) is 6.20 Å². The first-order chi connectivity index (χ1) is 9.50. The molecule has 0 amide bonds. The van der Waals surface area contributed by atoms with E-state index in [1.54, 1.807) is 0 Å². The normalized spacial score (nSPS) is 19.1. The van der Waals surface area contributed by atoms with Crippen LogP contribution in [-0.4, -0.2) is 30.5 Å². The van der Waals surface area contributed by atoms with Gasteiger partial charge < -0.3 is 5.73 Å². The molecule has 0 bridgehead atoms. The van der Waals surface area contributed by atoms with E-state index in [-0.39, 0.29) is 17.4 Å². The third-order valence-corrected chi connectivity index (χ3v) is 5.73. The van der Waals surface area contributed by atoms with Crippen LogP contribution in [0.3, 0.4) is 0 Å². The smallest absolute Gasteiger partial charge is 0.156 e. The first-order valence-electron chi connectivity index (χ1n) is 7.44. The second-order valence-electron chi connectivity index (χ2n) is 5.97. The Morgan fingerprint density at radius 1 is 1.40 bits per heavy atom. The lowest BCUT2D eigenvalue weighted by Crippen LogP contribution is -2.22. The highest BCUT2D eigenvalue weighted by atomic mass is 32.2. The van der Waals surface area contributed by atoms with Crippen molar-refractivity contribution in [3.05, 3.63) is 18.0 Å². The van der Waals surface area contributed by atoms with E-state index < -0.39 is 9.84 Å². The van der Waals surface area contributed by atoms with Crippen molar-refractivity contribution < 1.29 is 8.42 Å². The highest BCUT2D eigenvalue weighted by molar-refractivity contribution is 7.90. The first-order valence-corrected chi connectivity index (χ1v) is 9.27. The molecule has 1 unspecified atom stereocenters. The number of hydrogen-bond donors (Lipinski definition) is 1. The molecule has 1 aliphatic rings. The molecule has 0 saturated heterocycles. The molecule has 1 atom stereocenters. The third kappa shape index (κ3) is 4.31. The molecule has 0 radical (unpaired) electrons. The number of rotatable bonds is 6. The molecular weight excluding hydrogens is 274 g/mol. The Kier molecular flexibility index (Phi) is 5.21. The molecule has 5 nitrogen and oxygen atoms in total. The minimum absolute atomic E-state index is 0.000398. The highest BCUT2D eigenvalue weighted by Gasteiger charge is 2.20. The molecule has 114 valence electrons. The van der Waals surface area contributed by atoms with Crippen molar-refractivity contribution in [2.75, 3.05) is 12.3 Å². The first kappa shape index (κ1) is 15.5. The maximum Gasteiger partial charge on any atom is 0.156 e. The lowest BCUT2D eigenvalue weighted by molar-refractivity contribution is 0.328. The van der Waals surface area contributed by atoms with E-state index in [0.29, 0.717) is 18.3 Å². The summed E-state index contributed by atoms with van der Waals surface area (Å²) in [5, 5.41) is 4.46. The van der Waals surface area contributed by atoms with Crippen LogP contribution in [0.25, 0.3) is 0 Å². The lowest BCUT2D eigenvalue weighted by Gasteiger charge is -2.21. The van der Waals surface area contributed by atoms with Gasteiger partial charge in [-0.15, -0.1) is 0 Å². The maximum atomic E-state index is 12.0. The zero-order valence-electron chi connectivity index (χ0n) is 12.2. The minimum Gasteiger partial charge on any atom is -0.330 e. The summed E-state index contributed by atoms with van der Waals surface area (Å²) in [5.41, 5.74) is 6.14. The average Bonchev–Trinajstić information content (AvgIpc) is 2.86. The summed E-state index contributed by atoms with van der Waals surface area (Å²) < 4.78 is 26.1. The quantitative estimate of drug-likeness (QED) is 0.870. The van der Waals surface area contributed by atoms with Crippen LogP contribution in [0.15, 0.2) is 12.3 Å². The third-order valence-electron chi connectivity index (χ3n) is 3.92. The van der Waals surface area contributed by atoms with Gasteiger partial charge in [0.15, 0.2) is 9.84 Å². The molecule has 0 aromatic carbocycles. The van der Waals surface area contributed by atoms with Gasteiger partial charge in [0.1, 0.15) is 0 Å². The van der Waals surface area contributed by atoms with Crippen LogP contribution < -0.4 is 5.73 Å². The lowest BCUT2D eigenvalue weighted by atomic mass is 9.96. The number of aromatic nitrogens is 2. The summed E-state index contributed by atoms with van der Waals surface area (Å²) in [4.78, 5) is 0. The van der Waals surface area contributed by atoms with Gasteiger partial charge in [0.05, 0.1) is 23.2 Å². The highest BCUT2D eigenvalue weighted by Crippen LogP contribution is 2.27. The number of nitrogens with two attached hydrogens (primary N) is 1. The van der Waals surface area contributed by atoms with Crippen molar-refractivity contribution in [1.29, 1.82) is 0 Å². The average molecular weight is 299 g/mol. The molecule has 1 aromatic heterocycles. The summed E-state index contributed by atoms with van der Waals surface area (Å²) in [6.07, 6.45) is 8.01. The van der Waals surface area contributed by atoms with Crippen LogP contribution in [0, 0.1) is 5.92 Å². The monoisotopic (exact) mass is 299 g/mol. The Morgan fingerprint density at radius 2 is 2.10 bits per heavy atom. The summed E-state index contributed by atoms with van der Waals surface area (Å²) in [7, 11) is -3.12. The van der Waals surface area contributed by atoms with Gasteiger partial charge >= 0.3 is 0 Å². The van der Waals surface area contributed by atoms with E-state index in [1.165, 1.54) is 19.3 Å². The topological polar surface area (TPSA) is 78.0 Å². The zero-order chi connectivity index (χ0) is 14.6. The van der Waals surface area contributed by atoms with E-state index in [1.807, 2.05) is 23.9 Å². The second kappa shape index (κ2) is 6.72. The summed E-state index contributed by atoms with van der Waals surface area (Å²) in [5.74, 6) is 0.164. The van der Waals surface area contributed by atoms with Crippen molar-refractivity contribution in [3.8, 4) is 0 Å². The van der Waals surface area contributed by atoms with Gasteiger partial charge in [0.2, 0.25) is 0 Å². The molecule has 1 aliphatic carbocycles. The molecule has 1 fully saturated rings. The Hall–Kier alpha value is -0.880. The zero-order valence-corrected chi connectivity index (χ0v) is 13.0. The SMILES string of the molecule is CC(CN)CS(=O)(=O)Cc1ccn(C2CCCCC2)n1. The fourth-order valence-corrected chi connectivity index (χ4v) is 4.51. The van der Waals surface area contributed by atoms with Crippen molar-refractivity contribution >= 4 is 9.84 Å². The van der Waals surface area contributed by atoms with Gasteiger partial charge in [-0.2, -0.15) is 5.10 Å². The molecule has 6 heteroatoms. The van der Waals surface area contributed by atoms with Crippen LogP contribution in [0.5, 0.6) is 0 Å². The number of sulfone groups is 1. The Bertz CT molecular complexity index is 518. The molecule has 2 rings (SSSR count). The van der Waals surface area contributed by atoms with Gasteiger partial charge in [-0.3, -0.25) is 4.68 Å². The summed E-state index contributed by atoms with van der Waals surface area (Å²) >= 11 is 0. The molecule has 1 heterocycles. The van der Waals surface area contributed by atoms with Gasteiger partial charge in [-0.1, -0.05) is 26.2 Å². The Balaban J connectivity index is 1.98. The predicted molar refractivity (Wildman–Crippen MR) is 80.1 cm³/mol. The maximum absolute atomic E-state index is 12.0. The number of nitrogens with zero attached hydrogens (tertiary/aromatic N) is 2. The van der Waals surface area contributed by atoms with Crippen LogP contribution >= 0.6 is 0 Å². The molecule has 2 N–H and O–H groups in total. The van der Waals surface area contributed by atoms with E-state index in [9.17, 15) is 8.42 Å². The fraction of sp³-hybridized carbons (Fsp3) is 0.786. The predicted octanol–water partition coefficient (Wildman–Crippen LogP) is 1.90. The fourth-order valence-electron chi connectivity index (χ4n) is 2.79. The van der Waals surface area contributed by atoms with Gasteiger partial charge in [-0.25, -0.2) is 8.42 Å². The van der Waals surface area contributed by atoms with Crippen LogP contribution in [-0.2, 0) is 15.6 Å². The second-order valence-corrected chi connectivity index (χ2v) is 8.08. The van der Waals surface area contributed by atoms with E-state index >= 15 is 0 Å². The Morgan fingerprint density at radius 3 is 2.75 bits per heavy atom. The van der Waals surface area contributed by atoms with Gasteiger partial charge in [-0.05, 0) is 31.4 Å². The van der Waals surface area contributed by atoms with E-state index in [4.69, 9.17) is 5.73 Å². The van der Waals surface area contributed by atoms with Crippen LogP contribution in [0.1, 0.15) is 50.8 Å². The minimum atomic E-state index is -3.12. The van der Waals surface area contributed by atoms with Crippen LogP contribution in [0.4, 0.5) is 0 Å². The van der Waals surface area contributed by atoms with Crippen molar-refractivity contribution in [1.82, 2.24) is 9.78 Å². The summed E-state index contributed by atoms with van der Waals surface area (Å²) in [6.45, 7) is 2.26. The molecule has 20 heavy (non-hydrogen) atoms. The Labute approximate surface area is 121 Å². The van der Waals surface area contributed by atoms with Crippen molar-refractivity contribution in [2.24, 2.45) is 11.7 Å². The molecule has 0 spiro atoms.